The predicted octanol–water partition coefficient (Wildman–Crippen LogP) is 1.17. The molecule has 5 nitrogen and oxygen atoms in total. The van der Waals surface area contributed by atoms with Gasteiger partial charge in [0.25, 0.3) is 0 Å². The Kier molecular flexibility index (Phi) is 3.70. The topological polar surface area (TPSA) is 72.9 Å². The molecule has 0 aliphatic rings. The zero-order valence-corrected chi connectivity index (χ0v) is 10.3. The second-order valence-electron chi connectivity index (χ2n) is 4.97. The lowest BCUT2D eigenvalue weighted by Crippen LogP contribution is -2.26. The van der Waals surface area contributed by atoms with Gasteiger partial charge in [0.15, 0.2) is 0 Å². The second-order valence-corrected chi connectivity index (χ2v) is 4.97. The molecule has 0 saturated carbocycles. The van der Waals surface area contributed by atoms with Gasteiger partial charge in [-0.1, -0.05) is 6.92 Å². The predicted molar refractivity (Wildman–Crippen MR) is 64.1 cm³/mol. The summed E-state index contributed by atoms with van der Waals surface area (Å²) in [5.41, 5.74) is 6.05. The van der Waals surface area contributed by atoms with Crippen molar-refractivity contribution in [2.24, 2.45) is 11.7 Å². The minimum Gasteiger partial charge on any atom is -0.330 e. The number of nitrogens with one attached hydrogen (secondary N) is 1. The van der Waals surface area contributed by atoms with Gasteiger partial charge in [0.05, 0.1) is 17.4 Å². The normalized spacial score (nSPS) is 13.6. The standard InChI is InChI=1S/C11H20N4O/c1-8(5-12)10(16)14-9-6-13-15(7-9)11(2,3)4/h6-8H,5,12H2,1-4H3,(H,14,16). The molecular formula is C11H20N4O. The maximum Gasteiger partial charge on any atom is 0.228 e. The molecule has 5 heteroatoms. The minimum atomic E-state index is -0.182. The highest BCUT2D eigenvalue weighted by Gasteiger charge is 2.16. The zero-order valence-electron chi connectivity index (χ0n) is 10.3. The van der Waals surface area contributed by atoms with Crippen LogP contribution < -0.4 is 11.1 Å². The summed E-state index contributed by atoms with van der Waals surface area (Å²) in [6.45, 7) is 8.29. The molecule has 1 aromatic heterocycles. The van der Waals surface area contributed by atoms with Crippen molar-refractivity contribution < 1.29 is 4.79 Å². The Bertz CT molecular complexity index is 364. The molecule has 1 unspecified atom stereocenters. The second kappa shape index (κ2) is 4.65. The van der Waals surface area contributed by atoms with E-state index >= 15 is 0 Å². The number of nitrogens with zero attached hydrogens (tertiary/aromatic N) is 2. The Morgan fingerprint density at radius 3 is 2.69 bits per heavy atom. The van der Waals surface area contributed by atoms with Crippen molar-refractivity contribution in [3.8, 4) is 0 Å². The van der Waals surface area contributed by atoms with Crippen LogP contribution in [0, 0.1) is 5.92 Å². The van der Waals surface area contributed by atoms with Crippen molar-refractivity contribution in [3.63, 3.8) is 0 Å². The maximum atomic E-state index is 11.6. The van der Waals surface area contributed by atoms with Gasteiger partial charge in [-0.2, -0.15) is 5.10 Å². The molecule has 1 rings (SSSR count). The Morgan fingerprint density at radius 2 is 2.25 bits per heavy atom. The highest BCUT2D eigenvalue weighted by atomic mass is 16.1. The van der Waals surface area contributed by atoms with Gasteiger partial charge in [0.2, 0.25) is 5.91 Å². The highest BCUT2D eigenvalue weighted by molar-refractivity contribution is 5.92. The first kappa shape index (κ1) is 12.7. The Morgan fingerprint density at radius 1 is 1.62 bits per heavy atom. The lowest BCUT2D eigenvalue weighted by atomic mass is 10.1. The van der Waals surface area contributed by atoms with Crippen molar-refractivity contribution in [2.75, 3.05) is 11.9 Å². The molecule has 0 bridgehead atoms. The smallest absolute Gasteiger partial charge is 0.228 e. The van der Waals surface area contributed by atoms with Gasteiger partial charge < -0.3 is 11.1 Å². The number of aromatic nitrogens is 2. The van der Waals surface area contributed by atoms with Crippen LogP contribution in [0.3, 0.4) is 0 Å². The molecule has 1 atom stereocenters. The van der Waals surface area contributed by atoms with Crippen LogP contribution in [-0.2, 0) is 10.3 Å². The fourth-order valence-corrected chi connectivity index (χ4v) is 1.13. The molecule has 1 heterocycles. The van der Waals surface area contributed by atoms with Crippen LogP contribution in [0.1, 0.15) is 27.7 Å². The van der Waals surface area contributed by atoms with Gasteiger partial charge in [-0.3, -0.25) is 9.48 Å². The van der Waals surface area contributed by atoms with E-state index in [0.29, 0.717) is 12.2 Å². The molecular weight excluding hydrogens is 204 g/mol. The number of hydrogen-bond donors (Lipinski definition) is 2. The van der Waals surface area contributed by atoms with Crippen molar-refractivity contribution in [3.05, 3.63) is 12.4 Å². The van der Waals surface area contributed by atoms with Gasteiger partial charge in [-0.25, -0.2) is 0 Å². The molecule has 0 spiro atoms. The van der Waals surface area contributed by atoms with Crippen LogP contribution in [0.2, 0.25) is 0 Å². The third-order valence-electron chi connectivity index (χ3n) is 2.34. The molecule has 1 aromatic rings. The number of carbonyl (C=O) groups is 1. The van der Waals surface area contributed by atoms with E-state index < -0.39 is 0 Å². The van der Waals surface area contributed by atoms with Crippen LogP contribution in [0.15, 0.2) is 12.4 Å². The number of carbonyl (C=O) groups excluding carboxylic acids is 1. The first-order chi connectivity index (χ1) is 7.34. The van der Waals surface area contributed by atoms with E-state index in [2.05, 4.69) is 10.4 Å². The number of nitrogens with two attached hydrogens (primary N) is 1. The number of hydrogen-bond acceptors (Lipinski definition) is 3. The van der Waals surface area contributed by atoms with Gasteiger partial charge in [-0.15, -0.1) is 0 Å². The van der Waals surface area contributed by atoms with E-state index in [4.69, 9.17) is 5.73 Å². The van der Waals surface area contributed by atoms with Crippen LogP contribution in [0.5, 0.6) is 0 Å². The van der Waals surface area contributed by atoms with Crippen LogP contribution in [-0.4, -0.2) is 22.2 Å². The molecule has 0 aliphatic carbocycles. The van der Waals surface area contributed by atoms with E-state index in [1.165, 1.54) is 0 Å². The van der Waals surface area contributed by atoms with Crippen molar-refractivity contribution in [1.82, 2.24) is 9.78 Å². The lowest BCUT2D eigenvalue weighted by Gasteiger charge is -2.18. The van der Waals surface area contributed by atoms with Crippen LogP contribution in [0.4, 0.5) is 5.69 Å². The van der Waals surface area contributed by atoms with E-state index in [-0.39, 0.29) is 17.4 Å². The van der Waals surface area contributed by atoms with Crippen LogP contribution in [0.25, 0.3) is 0 Å². The summed E-state index contributed by atoms with van der Waals surface area (Å²) in [5.74, 6) is -0.256. The Balaban J connectivity index is 2.70. The lowest BCUT2D eigenvalue weighted by molar-refractivity contribution is -0.119. The summed E-state index contributed by atoms with van der Waals surface area (Å²) in [7, 11) is 0. The fourth-order valence-electron chi connectivity index (χ4n) is 1.13. The summed E-state index contributed by atoms with van der Waals surface area (Å²) in [4.78, 5) is 11.6. The molecule has 0 aromatic carbocycles. The molecule has 0 aliphatic heterocycles. The zero-order chi connectivity index (χ0) is 12.3. The van der Waals surface area contributed by atoms with Gasteiger partial charge in [0, 0.05) is 18.7 Å². The van der Waals surface area contributed by atoms with Crippen molar-refractivity contribution in [2.45, 2.75) is 33.2 Å². The molecule has 90 valence electrons. The largest absolute Gasteiger partial charge is 0.330 e. The SMILES string of the molecule is CC(CN)C(=O)Nc1cnn(C(C)(C)C)c1. The highest BCUT2D eigenvalue weighted by Crippen LogP contribution is 2.16. The van der Waals surface area contributed by atoms with E-state index in [1.54, 1.807) is 13.1 Å². The summed E-state index contributed by atoms with van der Waals surface area (Å²) in [5, 5.41) is 6.98. The van der Waals surface area contributed by atoms with Crippen molar-refractivity contribution in [1.29, 1.82) is 0 Å². The molecule has 1 amide bonds. The summed E-state index contributed by atoms with van der Waals surface area (Å²) in [6.07, 6.45) is 3.47. The Hall–Kier alpha value is -1.36. The maximum absolute atomic E-state index is 11.6. The quantitative estimate of drug-likeness (QED) is 0.809. The van der Waals surface area contributed by atoms with Crippen molar-refractivity contribution >= 4 is 11.6 Å². The Labute approximate surface area is 96.0 Å². The average molecular weight is 224 g/mol. The van der Waals surface area contributed by atoms with E-state index in [0.717, 1.165) is 0 Å². The monoisotopic (exact) mass is 224 g/mol. The first-order valence-electron chi connectivity index (χ1n) is 5.40. The third kappa shape index (κ3) is 3.06. The molecule has 0 radical (unpaired) electrons. The van der Waals surface area contributed by atoms with E-state index in [9.17, 15) is 4.79 Å². The minimum absolute atomic E-state index is 0.0732. The van der Waals surface area contributed by atoms with Crippen LogP contribution >= 0.6 is 0 Å². The molecule has 0 fully saturated rings. The number of anilines is 1. The first-order valence-corrected chi connectivity index (χ1v) is 5.40. The molecule has 0 saturated heterocycles. The average Bonchev–Trinajstić information content (AvgIpc) is 2.64. The van der Waals surface area contributed by atoms with E-state index in [1.807, 2.05) is 31.6 Å². The number of amides is 1. The summed E-state index contributed by atoms with van der Waals surface area (Å²) < 4.78 is 1.82. The van der Waals surface area contributed by atoms with Gasteiger partial charge in [0.1, 0.15) is 0 Å². The summed E-state index contributed by atoms with van der Waals surface area (Å²) in [6, 6.07) is 0. The fraction of sp³-hybridized carbons (Fsp3) is 0.636. The summed E-state index contributed by atoms with van der Waals surface area (Å²) >= 11 is 0. The third-order valence-corrected chi connectivity index (χ3v) is 2.34. The van der Waals surface area contributed by atoms with Gasteiger partial charge in [-0.05, 0) is 20.8 Å². The van der Waals surface area contributed by atoms with Gasteiger partial charge >= 0.3 is 0 Å². The molecule has 3 N–H and O–H groups in total. The molecule has 16 heavy (non-hydrogen) atoms. The number of rotatable bonds is 3.